The van der Waals surface area contributed by atoms with Crippen molar-refractivity contribution in [3.63, 3.8) is 0 Å². The van der Waals surface area contributed by atoms with Crippen LogP contribution in [0.4, 0.5) is 4.39 Å². The predicted octanol–water partition coefficient (Wildman–Crippen LogP) is 4.74. The molecule has 2 unspecified atom stereocenters. The first-order chi connectivity index (χ1) is 15.9. The quantitative estimate of drug-likeness (QED) is 0.675. The van der Waals surface area contributed by atoms with E-state index in [0.717, 1.165) is 69.8 Å². The average Bonchev–Trinajstić information content (AvgIpc) is 3.62. The van der Waals surface area contributed by atoms with Gasteiger partial charge in [0.15, 0.2) is 5.78 Å². The summed E-state index contributed by atoms with van der Waals surface area (Å²) in [6.07, 6.45) is 11.0. The number of carbonyl (C=O) groups excluding carboxylic acids is 3. The number of rotatable bonds is 6. The zero-order valence-electron chi connectivity index (χ0n) is 19.5. The van der Waals surface area contributed by atoms with Crippen molar-refractivity contribution < 1.29 is 18.8 Å². The lowest BCUT2D eigenvalue weighted by Gasteiger charge is -2.39. The van der Waals surface area contributed by atoms with Crippen LogP contribution in [0.2, 0.25) is 0 Å². The molecule has 2 bridgehead atoms. The van der Waals surface area contributed by atoms with Crippen molar-refractivity contribution in [3.8, 4) is 0 Å². The van der Waals surface area contributed by atoms with Crippen LogP contribution in [0.1, 0.15) is 99.4 Å². The lowest BCUT2D eigenvalue weighted by atomic mass is 9.82. The maximum Gasteiger partial charge on any atom is 0.254 e. The third-order valence-electron chi connectivity index (χ3n) is 8.47. The van der Waals surface area contributed by atoms with Gasteiger partial charge in [0.05, 0.1) is 11.6 Å². The van der Waals surface area contributed by atoms with Gasteiger partial charge in [-0.15, -0.1) is 0 Å². The van der Waals surface area contributed by atoms with Gasteiger partial charge in [-0.3, -0.25) is 14.4 Å². The molecule has 2 amide bonds. The molecule has 3 atom stereocenters. The molecule has 178 valence electrons. The minimum atomic E-state index is -0.541. The molecule has 1 aromatic rings. The first kappa shape index (κ1) is 22.5. The van der Waals surface area contributed by atoms with Gasteiger partial charge in [0.25, 0.3) is 5.91 Å². The lowest BCUT2D eigenvalue weighted by Crippen LogP contribution is -2.46. The Hall–Kier alpha value is -2.24. The summed E-state index contributed by atoms with van der Waals surface area (Å²) >= 11 is 0. The molecule has 4 aliphatic rings. The maximum atomic E-state index is 15.1. The second-order valence-electron chi connectivity index (χ2n) is 10.8. The van der Waals surface area contributed by atoms with Crippen LogP contribution < -0.4 is 5.32 Å². The SMILES string of the molecule is CC(=O)[C@H](NC(=O)c1ccc(C2CC3CCC(C2)N3C(=O)C2CC2)cc1F)C1CCCCC1. The summed E-state index contributed by atoms with van der Waals surface area (Å²) in [5.74, 6) is -0.166. The van der Waals surface area contributed by atoms with E-state index in [1.165, 1.54) is 19.4 Å². The Bertz CT molecular complexity index is 923. The molecule has 33 heavy (non-hydrogen) atoms. The first-order valence-electron chi connectivity index (χ1n) is 12.8. The van der Waals surface area contributed by atoms with Crippen LogP contribution >= 0.6 is 0 Å². The molecule has 0 aromatic heterocycles. The molecule has 4 fully saturated rings. The molecule has 2 aliphatic carbocycles. The van der Waals surface area contributed by atoms with Crippen molar-refractivity contribution in [1.29, 1.82) is 0 Å². The van der Waals surface area contributed by atoms with Crippen LogP contribution in [-0.4, -0.2) is 40.6 Å². The third-order valence-corrected chi connectivity index (χ3v) is 8.47. The summed E-state index contributed by atoms with van der Waals surface area (Å²) in [5.41, 5.74) is 0.917. The molecule has 2 heterocycles. The zero-order chi connectivity index (χ0) is 23.1. The van der Waals surface area contributed by atoms with Crippen LogP contribution in [0, 0.1) is 17.7 Å². The standard InChI is InChI=1S/C27H35FN2O3/c1-16(31)25(17-5-3-2-4-6-17)29-26(32)23-12-9-19(15-24(23)28)20-13-21-10-11-22(14-20)30(21)27(33)18-7-8-18/h9,12,15,17-18,20-22,25H,2-8,10-11,13-14H2,1H3,(H,29,32)/t20?,21?,22?,25-/m0/s1. The fraction of sp³-hybridized carbons (Fsp3) is 0.667. The highest BCUT2D eigenvalue weighted by molar-refractivity contribution is 5.97. The Morgan fingerprint density at radius 3 is 2.21 bits per heavy atom. The van der Waals surface area contributed by atoms with Crippen LogP contribution in [0.15, 0.2) is 18.2 Å². The number of benzene rings is 1. The number of hydrogen-bond donors (Lipinski definition) is 1. The topological polar surface area (TPSA) is 66.5 Å². The van der Waals surface area contributed by atoms with Gasteiger partial charge in [-0.05, 0) is 87.8 Å². The van der Waals surface area contributed by atoms with Gasteiger partial charge < -0.3 is 10.2 Å². The zero-order valence-corrected chi connectivity index (χ0v) is 19.5. The molecule has 6 heteroatoms. The van der Waals surface area contributed by atoms with Crippen molar-refractivity contribution in [3.05, 3.63) is 35.1 Å². The monoisotopic (exact) mass is 454 g/mol. The molecular formula is C27H35FN2O3. The van der Waals surface area contributed by atoms with Crippen LogP contribution in [-0.2, 0) is 9.59 Å². The second kappa shape index (κ2) is 9.19. The van der Waals surface area contributed by atoms with Crippen LogP contribution in [0.25, 0.3) is 0 Å². The van der Waals surface area contributed by atoms with Gasteiger partial charge in [-0.2, -0.15) is 0 Å². The minimum Gasteiger partial charge on any atom is -0.342 e. The molecule has 2 saturated carbocycles. The molecule has 2 aliphatic heterocycles. The number of nitrogens with zero attached hydrogens (tertiary/aromatic N) is 1. The molecule has 1 N–H and O–H groups in total. The fourth-order valence-corrected chi connectivity index (χ4v) is 6.56. The summed E-state index contributed by atoms with van der Waals surface area (Å²) in [4.78, 5) is 39.9. The van der Waals surface area contributed by atoms with Gasteiger partial charge in [0, 0.05) is 18.0 Å². The molecule has 5 rings (SSSR count). The lowest BCUT2D eigenvalue weighted by molar-refractivity contribution is -0.137. The summed E-state index contributed by atoms with van der Waals surface area (Å²) in [5, 5.41) is 2.83. The average molecular weight is 455 g/mol. The Kier molecular flexibility index (Phi) is 6.28. The van der Waals surface area contributed by atoms with Crippen molar-refractivity contribution in [2.45, 2.75) is 102 Å². The van der Waals surface area contributed by atoms with E-state index in [2.05, 4.69) is 10.2 Å². The number of nitrogens with one attached hydrogen (secondary N) is 1. The maximum absolute atomic E-state index is 15.1. The van der Waals surface area contributed by atoms with E-state index in [0.29, 0.717) is 5.91 Å². The van der Waals surface area contributed by atoms with Gasteiger partial charge in [-0.25, -0.2) is 4.39 Å². The van der Waals surface area contributed by atoms with Gasteiger partial charge >= 0.3 is 0 Å². The summed E-state index contributed by atoms with van der Waals surface area (Å²) in [6, 6.07) is 4.92. The smallest absolute Gasteiger partial charge is 0.254 e. The molecular weight excluding hydrogens is 419 g/mol. The number of Topliss-reactive ketones (excluding diaryl/α,β-unsaturated/α-hetero) is 1. The molecule has 2 saturated heterocycles. The number of piperidine rings is 1. The van der Waals surface area contributed by atoms with Gasteiger partial charge in [0.1, 0.15) is 5.82 Å². The van der Waals surface area contributed by atoms with E-state index in [1.54, 1.807) is 6.07 Å². The van der Waals surface area contributed by atoms with Crippen LogP contribution in [0.3, 0.4) is 0 Å². The molecule has 0 radical (unpaired) electrons. The van der Waals surface area contributed by atoms with E-state index < -0.39 is 17.8 Å². The van der Waals surface area contributed by atoms with Gasteiger partial charge in [0.2, 0.25) is 5.91 Å². The number of halogens is 1. The van der Waals surface area contributed by atoms with E-state index in [-0.39, 0.29) is 41.2 Å². The number of amides is 2. The molecule has 0 spiro atoms. The van der Waals surface area contributed by atoms with Crippen molar-refractivity contribution in [2.24, 2.45) is 11.8 Å². The number of hydrogen-bond acceptors (Lipinski definition) is 3. The van der Waals surface area contributed by atoms with E-state index in [4.69, 9.17) is 0 Å². The second-order valence-corrected chi connectivity index (χ2v) is 10.8. The van der Waals surface area contributed by atoms with E-state index >= 15 is 4.39 Å². The Morgan fingerprint density at radius 2 is 1.64 bits per heavy atom. The summed E-state index contributed by atoms with van der Waals surface area (Å²) in [7, 11) is 0. The highest BCUT2D eigenvalue weighted by atomic mass is 19.1. The van der Waals surface area contributed by atoms with Gasteiger partial charge in [-0.1, -0.05) is 25.3 Å². The highest BCUT2D eigenvalue weighted by Crippen LogP contribution is 2.46. The number of carbonyl (C=O) groups is 3. The normalized spacial score (nSPS) is 28.4. The predicted molar refractivity (Wildman–Crippen MR) is 123 cm³/mol. The van der Waals surface area contributed by atoms with Crippen molar-refractivity contribution in [1.82, 2.24) is 10.2 Å². The minimum absolute atomic E-state index is 0.00475. The summed E-state index contributed by atoms with van der Waals surface area (Å²) in [6.45, 7) is 1.51. The Labute approximate surface area is 195 Å². The highest BCUT2D eigenvalue weighted by Gasteiger charge is 2.47. The van der Waals surface area contributed by atoms with Crippen molar-refractivity contribution >= 4 is 17.6 Å². The third kappa shape index (κ3) is 4.58. The largest absolute Gasteiger partial charge is 0.342 e. The summed E-state index contributed by atoms with van der Waals surface area (Å²) < 4.78 is 15.1. The van der Waals surface area contributed by atoms with Crippen LogP contribution in [0.5, 0.6) is 0 Å². The van der Waals surface area contributed by atoms with E-state index in [1.807, 2.05) is 6.07 Å². The molecule has 1 aromatic carbocycles. The Morgan fingerprint density at radius 1 is 0.970 bits per heavy atom. The molecule has 5 nitrogen and oxygen atoms in total. The number of fused-ring (bicyclic) bond motifs is 2. The fourth-order valence-electron chi connectivity index (χ4n) is 6.56. The Balaban J connectivity index is 1.26. The first-order valence-corrected chi connectivity index (χ1v) is 12.8. The van der Waals surface area contributed by atoms with Crippen molar-refractivity contribution in [2.75, 3.05) is 0 Å². The van der Waals surface area contributed by atoms with E-state index in [9.17, 15) is 14.4 Å². The number of ketones is 1.